The van der Waals surface area contributed by atoms with Crippen LogP contribution in [-0.2, 0) is 6.42 Å². The summed E-state index contributed by atoms with van der Waals surface area (Å²) in [6, 6.07) is 5.97. The zero-order valence-corrected chi connectivity index (χ0v) is 20.2. The van der Waals surface area contributed by atoms with Crippen LogP contribution in [0, 0.1) is 0 Å². The van der Waals surface area contributed by atoms with Gasteiger partial charge in [-0.05, 0) is 43.0 Å². The molecule has 9 nitrogen and oxygen atoms in total. The van der Waals surface area contributed by atoms with Crippen LogP contribution >= 0.6 is 11.3 Å². The molecular weight excluding hydrogens is 452 g/mol. The molecule has 1 fully saturated rings. The van der Waals surface area contributed by atoms with Crippen LogP contribution in [-0.4, -0.2) is 59.4 Å². The zero-order valence-electron chi connectivity index (χ0n) is 19.4. The van der Waals surface area contributed by atoms with Crippen LogP contribution in [0.1, 0.15) is 41.4 Å². The Bertz CT molecular complexity index is 1110. The number of amides is 1. The number of nitrogens with zero attached hydrogens (tertiary/aromatic N) is 3. The highest BCUT2D eigenvalue weighted by Gasteiger charge is 2.24. The van der Waals surface area contributed by atoms with Crippen LogP contribution in [0.2, 0.25) is 0 Å². The highest BCUT2D eigenvalue weighted by molar-refractivity contribution is 7.21. The van der Waals surface area contributed by atoms with Gasteiger partial charge in [0.1, 0.15) is 34.0 Å². The Kier molecular flexibility index (Phi) is 7.81. The topological polar surface area (TPSA) is 140 Å². The fraction of sp³-hybridized carbons (Fsp3) is 0.458. The molecule has 1 saturated heterocycles. The van der Waals surface area contributed by atoms with Gasteiger partial charge in [0.15, 0.2) is 0 Å². The Labute approximate surface area is 203 Å². The number of anilines is 2. The zero-order chi connectivity index (χ0) is 24.1. The van der Waals surface area contributed by atoms with Gasteiger partial charge in [0.2, 0.25) is 0 Å². The monoisotopic (exact) mass is 484 g/mol. The van der Waals surface area contributed by atoms with Crippen molar-refractivity contribution in [2.24, 2.45) is 5.73 Å². The van der Waals surface area contributed by atoms with Crippen molar-refractivity contribution >= 4 is 39.0 Å². The van der Waals surface area contributed by atoms with Crippen molar-refractivity contribution in [2.45, 2.75) is 44.8 Å². The summed E-state index contributed by atoms with van der Waals surface area (Å²) in [4.78, 5) is 24.0. The van der Waals surface area contributed by atoms with Gasteiger partial charge in [0.05, 0.1) is 5.69 Å². The number of aliphatic hydroxyl groups is 1. The van der Waals surface area contributed by atoms with Gasteiger partial charge in [-0.25, -0.2) is 4.98 Å². The number of pyridine rings is 2. The minimum atomic E-state index is -0.587. The molecule has 1 aliphatic heterocycles. The van der Waals surface area contributed by atoms with Crippen LogP contribution in [0.4, 0.5) is 11.5 Å². The van der Waals surface area contributed by atoms with Gasteiger partial charge < -0.3 is 31.5 Å². The fourth-order valence-corrected chi connectivity index (χ4v) is 5.29. The van der Waals surface area contributed by atoms with Gasteiger partial charge in [-0.15, -0.1) is 11.3 Å². The van der Waals surface area contributed by atoms with Crippen molar-refractivity contribution in [1.82, 2.24) is 15.3 Å². The lowest BCUT2D eigenvalue weighted by molar-refractivity contribution is 0.100. The lowest BCUT2D eigenvalue weighted by Gasteiger charge is -2.34. The van der Waals surface area contributed by atoms with Gasteiger partial charge in [-0.2, -0.15) is 0 Å². The molecule has 1 amide bonds. The summed E-state index contributed by atoms with van der Waals surface area (Å²) in [5.74, 6) is 1.10. The molecule has 0 aromatic carbocycles. The molecule has 1 unspecified atom stereocenters. The van der Waals surface area contributed by atoms with Crippen LogP contribution in [0.5, 0.6) is 5.75 Å². The number of nitrogens with two attached hydrogens (primary N) is 2. The Hall–Kier alpha value is -2.95. The summed E-state index contributed by atoms with van der Waals surface area (Å²) in [5, 5.41) is 14.6. The number of primary amides is 1. The number of aryl methyl sites for hydroxylation is 1. The van der Waals surface area contributed by atoms with Gasteiger partial charge >= 0.3 is 0 Å². The number of thiophene rings is 1. The normalized spacial score (nSPS) is 15.5. The molecule has 1 atom stereocenters. The van der Waals surface area contributed by atoms with E-state index < -0.39 is 12.0 Å². The van der Waals surface area contributed by atoms with Crippen LogP contribution in [0.15, 0.2) is 30.6 Å². The maximum Gasteiger partial charge on any atom is 0.260 e. The number of aromatic nitrogens is 2. The minimum absolute atomic E-state index is 0.233. The highest BCUT2D eigenvalue weighted by atomic mass is 32.1. The smallest absolute Gasteiger partial charge is 0.260 e. The standard InChI is InChI=1S/C24H32N6O3S/c1-2-3-15-12-19(29-24-20(15)21(25)22(34-24)23(26)32)30-10-6-16(7-11-30)28-13-17(31)14-33-18-4-8-27-9-5-18/h4-5,8-9,12,16-17,28,31H,2-3,6-7,10-11,13-14,25H2,1H3,(H2,26,32). The lowest BCUT2D eigenvalue weighted by Crippen LogP contribution is -2.45. The second-order valence-electron chi connectivity index (χ2n) is 8.60. The van der Waals surface area contributed by atoms with E-state index in [0.29, 0.717) is 28.9 Å². The number of nitrogen functional groups attached to an aromatic ring is 1. The molecule has 0 spiro atoms. The quantitative estimate of drug-likeness (QED) is 0.344. The largest absolute Gasteiger partial charge is 0.491 e. The fourth-order valence-electron chi connectivity index (χ4n) is 4.30. The van der Waals surface area contributed by atoms with Gasteiger partial charge in [-0.3, -0.25) is 9.78 Å². The maximum absolute atomic E-state index is 11.8. The number of ether oxygens (including phenoxy) is 1. The highest BCUT2D eigenvalue weighted by Crippen LogP contribution is 2.37. The van der Waals surface area contributed by atoms with E-state index in [4.69, 9.17) is 21.2 Å². The molecule has 0 saturated carbocycles. The molecule has 0 radical (unpaired) electrons. The van der Waals surface area contributed by atoms with E-state index in [2.05, 4.69) is 28.2 Å². The van der Waals surface area contributed by atoms with E-state index in [0.717, 1.165) is 60.4 Å². The first kappa shape index (κ1) is 24.2. The van der Waals surface area contributed by atoms with Crippen molar-refractivity contribution in [2.75, 3.05) is 36.9 Å². The first-order valence-corrected chi connectivity index (χ1v) is 12.5. The molecule has 6 N–H and O–H groups in total. The molecule has 3 aromatic heterocycles. The number of hydrogen-bond acceptors (Lipinski definition) is 9. The number of carbonyl (C=O) groups excluding carboxylic acids is 1. The van der Waals surface area contributed by atoms with Crippen molar-refractivity contribution in [1.29, 1.82) is 0 Å². The molecule has 4 rings (SSSR count). The lowest BCUT2D eigenvalue weighted by atomic mass is 10.0. The third-order valence-corrected chi connectivity index (χ3v) is 7.18. The Balaban J connectivity index is 1.34. The average molecular weight is 485 g/mol. The van der Waals surface area contributed by atoms with Crippen molar-refractivity contribution in [3.05, 3.63) is 41.0 Å². The maximum atomic E-state index is 11.8. The molecule has 0 aliphatic carbocycles. The van der Waals surface area contributed by atoms with E-state index in [1.54, 1.807) is 24.5 Å². The summed E-state index contributed by atoms with van der Waals surface area (Å²) in [6.07, 6.45) is 6.46. The molecule has 0 bridgehead atoms. The first-order valence-electron chi connectivity index (χ1n) is 11.7. The van der Waals surface area contributed by atoms with Crippen LogP contribution in [0.25, 0.3) is 10.2 Å². The predicted octanol–water partition coefficient (Wildman–Crippen LogP) is 2.32. The summed E-state index contributed by atoms with van der Waals surface area (Å²) >= 11 is 1.27. The van der Waals surface area contributed by atoms with Crippen LogP contribution in [0.3, 0.4) is 0 Å². The SMILES string of the molecule is CCCc1cc(N2CCC(NCC(O)COc3ccncc3)CC2)nc2sc(C(N)=O)c(N)c12. The summed E-state index contributed by atoms with van der Waals surface area (Å²) in [6.45, 7) is 4.54. The second-order valence-corrected chi connectivity index (χ2v) is 9.60. The van der Waals surface area contributed by atoms with Gasteiger partial charge in [0, 0.05) is 43.5 Å². The number of piperidine rings is 1. The van der Waals surface area contributed by atoms with Crippen molar-refractivity contribution < 1.29 is 14.6 Å². The number of nitrogens with one attached hydrogen (secondary N) is 1. The van der Waals surface area contributed by atoms with E-state index in [1.807, 2.05) is 0 Å². The van der Waals surface area contributed by atoms with Crippen molar-refractivity contribution in [3.8, 4) is 5.75 Å². The summed E-state index contributed by atoms with van der Waals surface area (Å²) in [7, 11) is 0. The predicted molar refractivity (Wildman–Crippen MR) is 136 cm³/mol. The van der Waals surface area contributed by atoms with Crippen LogP contribution < -0.4 is 26.4 Å². The summed E-state index contributed by atoms with van der Waals surface area (Å²) in [5.41, 5.74) is 13.3. The van der Waals surface area contributed by atoms with E-state index in [1.165, 1.54) is 11.3 Å². The average Bonchev–Trinajstić information content (AvgIpc) is 3.19. The first-order chi connectivity index (χ1) is 16.5. The molecule has 3 aromatic rings. The molecule has 4 heterocycles. The number of aliphatic hydroxyl groups excluding tert-OH is 1. The number of hydrogen-bond donors (Lipinski definition) is 4. The van der Waals surface area contributed by atoms with E-state index in [9.17, 15) is 9.90 Å². The molecule has 1 aliphatic rings. The molecule has 182 valence electrons. The number of fused-ring (bicyclic) bond motifs is 1. The Morgan fingerprint density at radius 1 is 1.35 bits per heavy atom. The van der Waals surface area contributed by atoms with Crippen molar-refractivity contribution in [3.63, 3.8) is 0 Å². The molecule has 34 heavy (non-hydrogen) atoms. The number of rotatable bonds is 10. The number of carbonyl (C=O) groups is 1. The van der Waals surface area contributed by atoms with E-state index >= 15 is 0 Å². The van der Waals surface area contributed by atoms with E-state index in [-0.39, 0.29) is 6.61 Å². The third kappa shape index (κ3) is 5.57. The molecule has 10 heteroatoms. The Morgan fingerprint density at radius 3 is 2.76 bits per heavy atom. The van der Waals surface area contributed by atoms with Gasteiger partial charge in [-0.1, -0.05) is 13.3 Å². The Morgan fingerprint density at radius 2 is 2.09 bits per heavy atom. The summed E-state index contributed by atoms with van der Waals surface area (Å²) < 4.78 is 5.59. The minimum Gasteiger partial charge on any atom is -0.491 e. The third-order valence-electron chi connectivity index (χ3n) is 6.06. The second kappa shape index (κ2) is 11.0. The molecular formula is C24H32N6O3S. The van der Waals surface area contributed by atoms with Gasteiger partial charge in [0.25, 0.3) is 5.91 Å².